The van der Waals surface area contributed by atoms with E-state index >= 15 is 0 Å². The van der Waals surface area contributed by atoms with Crippen LogP contribution in [0.4, 0.5) is 5.69 Å². The minimum Gasteiger partial charge on any atom is -0.461 e. The fourth-order valence-electron chi connectivity index (χ4n) is 2.08. The zero-order chi connectivity index (χ0) is 15.6. The highest BCUT2D eigenvalue weighted by molar-refractivity contribution is 5.92. The molecule has 1 aromatic carbocycles. The van der Waals surface area contributed by atoms with Crippen molar-refractivity contribution < 1.29 is 14.3 Å². The summed E-state index contributed by atoms with van der Waals surface area (Å²) in [4.78, 5) is 24.2. The lowest BCUT2D eigenvalue weighted by Gasteiger charge is -2.30. The van der Waals surface area contributed by atoms with Crippen LogP contribution >= 0.6 is 0 Å². The number of ketones is 1. The van der Waals surface area contributed by atoms with Gasteiger partial charge in [-0.25, -0.2) is 4.79 Å². The van der Waals surface area contributed by atoms with Crippen molar-refractivity contribution in [2.24, 2.45) is 10.8 Å². The Labute approximate surface area is 120 Å². The SMILES string of the molecule is CC(C)(C)C(=O)C(C)(C)COC(=O)c1cccc(N)c1. The average Bonchev–Trinajstić information content (AvgIpc) is 2.34. The summed E-state index contributed by atoms with van der Waals surface area (Å²) in [5.74, 6) is -0.405. The molecule has 4 heteroatoms. The summed E-state index contributed by atoms with van der Waals surface area (Å²) >= 11 is 0. The van der Waals surface area contributed by atoms with Gasteiger partial charge < -0.3 is 10.5 Å². The van der Waals surface area contributed by atoms with Crippen molar-refractivity contribution in [2.45, 2.75) is 34.6 Å². The second kappa shape index (κ2) is 5.65. The van der Waals surface area contributed by atoms with Gasteiger partial charge in [0.15, 0.2) is 0 Å². The zero-order valence-electron chi connectivity index (χ0n) is 12.8. The van der Waals surface area contributed by atoms with Crippen LogP contribution in [0.2, 0.25) is 0 Å². The van der Waals surface area contributed by atoms with E-state index in [4.69, 9.17) is 10.5 Å². The number of hydrogen-bond donors (Lipinski definition) is 1. The number of carbonyl (C=O) groups is 2. The van der Waals surface area contributed by atoms with Gasteiger partial charge in [0.05, 0.1) is 11.0 Å². The molecule has 0 aliphatic rings. The summed E-state index contributed by atoms with van der Waals surface area (Å²) in [7, 11) is 0. The van der Waals surface area contributed by atoms with Crippen LogP contribution in [0.5, 0.6) is 0 Å². The number of nitrogen functional groups attached to an aromatic ring is 1. The van der Waals surface area contributed by atoms with Crippen molar-refractivity contribution in [2.75, 3.05) is 12.3 Å². The summed E-state index contributed by atoms with van der Waals surface area (Å²) in [5.41, 5.74) is 5.34. The molecular weight excluding hydrogens is 254 g/mol. The van der Waals surface area contributed by atoms with E-state index in [0.717, 1.165) is 0 Å². The fourth-order valence-corrected chi connectivity index (χ4v) is 2.08. The Hall–Kier alpha value is -1.84. The Kier molecular flexibility index (Phi) is 4.58. The molecule has 0 spiro atoms. The van der Waals surface area contributed by atoms with Gasteiger partial charge in [-0.1, -0.05) is 26.8 Å². The molecular formula is C16H23NO3. The first-order chi connectivity index (χ1) is 9.04. The van der Waals surface area contributed by atoms with Gasteiger partial charge in [-0.15, -0.1) is 0 Å². The highest BCUT2D eigenvalue weighted by Crippen LogP contribution is 2.29. The third-order valence-corrected chi connectivity index (χ3v) is 2.98. The Balaban J connectivity index is 2.72. The number of ether oxygens (including phenoxy) is 1. The number of Topliss-reactive ketones (excluding diaryl/α,β-unsaturated/α-hetero) is 1. The molecule has 4 nitrogen and oxygen atoms in total. The number of benzene rings is 1. The highest BCUT2D eigenvalue weighted by atomic mass is 16.5. The number of rotatable bonds is 4. The maximum absolute atomic E-state index is 12.3. The van der Waals surface area contributed by atoms with Crippen LogP contribution in [0.25, 0.3) is 0 Å². The van der Waals surface area contributed by atoms with Crippen molar-refractivity contribution >= 4 is 17.4 Å². The van der Waals surface area contributed by atoms with Crippen LogP contribution in [-0.2, 0) is 9.53 Å². The molecule has 0 heterocycles. The molecule has 0 bridgehead atoms. The molecule has 0 amide bonds. The van der Waals surface area contributed by atoms with E-state index in [1.54, 1.807) is 38.1 Å². The van der Waals surface area contributed by atoms with E-state index in [2.05, 4.69) is 0 Å². The standard InChI is InChI=1S/C16H23NO3/c1-15(2,3)14(19)16(4,5)10-20-13(18)11-7-6-8-12(17)9-11/h6-9H,10,17H2,1-5H3. The van der Waals surface area contributed by atoms with Gasteiger partial charge in [0.1, 0.15) is 12.4 Å². The van der Waals surface area contributed by atoms with Gasteiger partial charge >= 0.3 is 5.97 Å². The molecule has 1 aromatic rings. The quantitative estimate of drug-likeness (QED) is 0.678. The highest BCUT2D eigenvalue weighted by Gasteiger charge is 2.37. The number of hydrogen-bond acceptors (Lipinski definition) is 4. The largest absolute Gasteiger partial charge is 0.461 e. The molecule has 0 unspecified atom stereocenters. The van der Waals surface area contributed by atoms with Gasteiger partial charge in [0, 0.05) is 11.1 Å². The molecule has 0 aromatic heterocycles. The number of carbonyl (C=O) groups excluding carboxylic acids is 2. The Morgan fingerprint density at radius 3 is 2.25 bits per heavy atom. The van der Waals surface area contributed by atoms with Gasteiger partial charge in [0.2, 0.25) is 0 Å². The summed E-state index contributed by atoms with van der Waals surface area (Å²) in [6.45, 7) is 9.20. The van der Waals surface area contributed by atoms with Crippen molar-refractivity contribution in [1.82, 2.24) is 0 Å². The third-order valence-electron chi connectivity index (χ3n) is 2.98. The third kappa shape index (κ3) is 4.08. The number of anilines is 1. The van der Waals surface area contributed by atoms with E-state index in [1.165, 1.54) is 0 Å². The second-order valence-electron chi connectivity index (χ2n) is 6.66. The molecule has 0 saturated heterocycles. The van der Waals surface area contributed by atoms with Gasteiger partial charge in [0.25, 0.3) is 0 Å². The average molecular weight is 277 g/mol. The zero-order valence-corrected chi connectivity index (χ0v) is 12.8. The van der Waals surface area contributed by atoms with Crippen molar-refractivity contribution in [3.05, 3.63) is 29.8 Å². The monoisotopic (exact) mass is 277 g/mol. The molecule has 0 atom stereocenters. The summed E-state index contributed by atoms with van der Waals surface area (Å²) in [6.07, 6.45) is 0. The summed E-state index contributed by atoms with van der Waals surface area (Å²) < 4.78 is 5.25. The van der Waals surface area contributed by atoms with E-state index in [0.29, 0.717) is 11.3 Å². The second-order valence-corrected chi connectivity index (χ2v) is 6.66. The molecule has 110 valence electrons. The Morgan fingerprint density at radius 2 is 1.75 bits per heavy atom. The topological polar surface area (TPSA) is 69.4 Å². The van der Waals surface area contributed by atoms with Crippen LogP contribution in [-0.4, -0.2) is 18.4 Å². The Morgan fingerprint density at radius 1 is 1.15 bits per heavy atom. The minimum absolute atomic E-state index is 0.0523. The number of esters is 1. The molecule has 0 fully saturated rings. The first-order valence-corrected chi connectivity index (χ1v) is 6.61. The summed E-state index contributed by atoms with van der Waals surface area (Å²) in [6, 6.07) is 6.58. The van der Waals surface area contributed by atoms with Crippen molar-refractivity contribution in [3.8, 4) is 0 Å². The van der Waals surface area contributed by atoms with Crippen LogP contribution in [0.3, 0.4) is 0 Å². The number of nitrogens with two attached hydrogens (primary N) is 1. The minimum atomic E-state index is -0.714. The summed E-state index contributed by atoms with van der Waals surface area (Å²) in [5, 5.41) is 0. The molecule has 1 rings (SSSR count). The molecule has 0 aliphatic carbocycles. The van der Waals surface area contributed by atoms with Gasteiger partial charge in [-0.2, -0.15) is 0 Å². The molecule has 0 saturated carbocycles. The van der Waals surface area contributed by atoms with Gasteiger partial charge in [-0.05, 0) is 32.0 Å². The normalized spacial score (nSPS) is 12.1. The van der Waals surface area contributed by atoms with Crippen LogP contribution in [0, 0.1) is 10.8 Å². The predicted octanol–water partition coefficient (Wildman–Crippen LogP) is 3.07. The van der Waals surface area contributed by atoms with Gasteiger partial charge in [-0.3, -0.25) is 4.79 Å². The predicted molar refractivity (Wildman–Crippen MR) is 79.4 cm³/mol. The van der Waals surface area contributed by atoms with Crippen molar-refractivity contribution in [3.63, 3.8) is 0 Å². The lowest BCUT2D eigenvalue weighted by Crippen LogP contribution is -2.38. The van der Waals surface area contributed by atoms with Crippen LogP contribution in [0.1, 0.15) is 45.0 Å². The molecule has 0 radical (unpaired) electrons. The Bertz CT molecular complexity index is 513. The van der Waals surface area contributed by atoms with Crippen molar-refractivity contribution in [1.29, 1.82) is 0 Å². The van der Waals surface area contributed by atoms with E-state index in [9.17, 15) is 9.59 Å². The lowest BCUT2D eigenvalue weighted by atomic mass is 9.75. The van der Waals surface area contributed by atoms with Crippen LogP contribution < -0.4 is 5.73 Å². The van der Waals surface area contributed by atoms with E-state index in [-0.39, 0.29) is 12.4 Å². The van der Waals surface area contributed by atoms with E-state index in [1.807, 2.05) is 20.8 Å². The smallest absolute Gasteiger partial charge is 0.338 e. The fraction of sp³-hybridized carbons (Fsp3) is 0.500. The van der Waals surface area contributed by atoms with Crippen LogP contribution in [0.15, 0.2) is 24.3 Å². The molecule has 0 aliphatic heterocycles. The van der Waals surface area contributed by atoms with E-state index < -0.39 is 16.8 Å². The lowest BCUT2D eigenvalue weighted by molar-refractivity contribution is -0.137. The maximum Gasteiger partial charge on any atom is 0.338 e. The maximum atomic E-state index is 12.3. The molecule has 20 heavy (non-hydrogen) atoms. The first-order valence-electron chi connectivity index (χ1n) is 6.61. The molecule has 2 N–H and O–H groups in total. The first kappa shape index (κ1) is 16.2.